The molecule has 1 unspecified atom stereocenters. The first kappa shape index (κ1) is 16.1. The Balaban J connectivity index is 1.89. The molecular formula is C17H22ClN3O2. The fraction of sp³-hybridized carbons (Fsp3) is 0.529. The lowest BCUT2D eigenvalue weighted by Gasteiger charge is -2.34. The molecular weight excluding hydrogens is 314 g/mol. The van der Waals surface area contributed by atoms with Crippen molar-refractivity contribution in [3.05, 3.63) is 28.8 Å². The highest BCUT2D eigenvalue weighted by Gasteiger charge is 2.45. The van der Waals surface area contributed by atoms with Crippen molar-refractivity contribution in [2.75, 3.05) is 6.61 Å². The Bertz CT molecular complexity index is 666. The molecule has 1 heterocycles. The molecule has 0 bridgehead atoms. The van der Waals surface area contributed by atoms with Crippen LogP contribution >= 0.6 is 11.6 Å². The molecule has 6 heteroatoms. The summed E-state index contributed by atoms with van der Waals surface area (Å²) < 4.78 is 5.81. The van der Waals surface area contributed by atoms with Gasteiger partial charge in [0.15, 0.2) is 0 Å². The van der Waals surface area contributed by atoms with Crippen molar-refractivity contribution in [3.8, 4) is 5.75 Å². The number of amides is 2. The maximum Gasteiger partial charge on any atom is 0.336 e. The number of hydrogen-bond acceptors (Lipinski definition) is 3. The van der Waals surface area contributed by atoms with E-state index in [1.807, 2.05) is 18.2 Å². The van der Waals surface area contributed by atoms with Gasteiger partial charge in [-0.15, -0.1) is 0 Å². The van der Waals surface area contributed by atoms with Gasteiger partial charge in [-0.3, -0.25) is 0 Å². The molecule has 23 heavy (non-hydrogen) atoms. The zero-order chi connectivity index (χ0) is 16.7. The van der Waals surface area contributed by atoms with E-state index in [-0.39, 0.29) is 11.4 Å². The van der Waals surface area contributed by atoms with E-state index in [0.717, 1.165) is 30.5 Å². The molecule has 0 spiro atoms. The third kappa shape index (κ3) is 3.15. The molecule has 0 radical (unpaired) electrons. The highest BCUT2D eigenvalue weighted by Crippen LogP contribution is 2.40. The summed E-state index contributed by atoms with van der Waals surface area (Å²) in [6.07, 6.45) is 2.69. The van der Waals surface area contributed by atoms with Crippen LogP contribution in [0.15, 0.2) is 23.3 Å². The Labute approximate surface area is 141 Å². The summed E-state index contributed by atoms with van der Waals surface area (Å²) in [4.78, 5) is 11.8. The predicted molar refractivity (Wildman–Crippen MR) is 91.0 cm³/mol. The van der Waals surface area contributed by atoms with Crippen molar-refractivity contribution in [2.45, 2.75) is 45.6 Å². The number of fused-ring (bicyclic) bond motifs is 1. The number of ether oxygens (including phenoxy) is 1. The number of carbonyl (C=O) groups excluding carboxylic acids is 1. The third-order valence-corrected chi connectivity index (χ3v) is 4.46. The van der Waals surface area contributed by atoms with Crippen LogP contribution in [0.1, 0.15) is 45.6 Å². The van der Waals surface area contributed by atoms with E-state index in [2.05, 4.69) is 36.6 Å². The monoisotopic (exact) mass is 335 g/mol. The van der Waals surface area contributed by atoms with Gasteiger partial charge in [-0.1, -0.05) is 38.4 Å². The van der Waals surface area contributed by atoms with Gasteiger partial charge < -0.3 is 10.1 Å². The van der Waals surface area contributed by atoms with Gasteiger partial charge in [0.1, 0.15) is 11.3 Å². The Kier molecular flexibility index (Phi) is 4.00. The molecule has 1 saturated carbocycles. The predicted octanol–water partition coefficient (Wildman–Crippen LogP) is 3.81. The summed E-state index contributed by atoms with van der Waals surface area (Å²) in [6.45, 7) is 6.92. The summed E-state index contributed by atoms with van der Waals surface area (Å²) >= 11 is 6.41. The molecule has 0 aromatic heterocycles. The molecule has 1 aliphatic heterocycles. The Hall–Kier alpha value is -1.75. The van der Waals surface area contributed by atoms with Crippen molar-refractivity contribution in [3.63, 3.8) is 0 Å². The highest BCUT2D eigenvalue weighted by molar-refractivity contribution is 6.32. The number of carbonyl (C=O) groups is 1. The van der Waals surface area contributed by atoms with E-state index < -0.39 is 5.54 Å². The second kappa shape index (κ2) is 5.71. The molecule has 1 atom stereocenters. The number of benzene rings is 1. The van der Waals surface area contributed by atoms with Gasteiger partial charge in [0.2, 0.25) is 0 Å². The van der Waals surface area contributed by atoms with Gasteiger partial charge in [0, 0.05) is 0 Å². The van der Waals surface area contributed by atoms with E-state index in [4.69, 9.17) is 16.3 Å². The van der Waals surface area contributed by atoms with E-state index in [0.29, 0.717) is 17.4 Å². The number of rotatable bonds is 3. The lowest BCUT2D eigenvalue weighted by molar-refractivity contribution is 0.198. The van der Waals surface area contributed by atoms with Crippen LogP contribution in [-0.4, -0.2) is 18.3 Å². The first-order valence-electron chi connectivity index (χ1n) is 7.88. The van der Waals surface area contributed by atoms with Gasteiger partial charge >= 0.3 is 6.03 Å². The summed E-state index contributed by atoms with van der Waals surface area (Å²) in [5, 5.41) is 7.81. The molecule has 2 N–H and O–H groups in total. The van der Waals surface area contributed by atoms with Crippen molar-refractivity contribution in [1.82, 2.24) is 10.7 Å². The SMILES string of the molecule is CC(C)(C)COc1ccc(C23CCCC2=NNC(=O)N3)cc1Cl. The van der Waals surface area contributed by atoms with Crippen molar-refractivity contribution in [1.29, 1.82) is 0 Å². The first-order chi connectivity index (χ1) is 10.8. The number of nitrogens with zero attached hydrogens (tertiary/aromatic N) is 1. The van der Waals surface area contributed by atoms with E-state index in [9.17, 15) is 4.79 Å². The topological polar surface area (TPSA) is 62.7 Å². The smallest absolute Gasteiger partial charge is 0.336 e. The van der Waals surface area contributed by atoms with Gasteiger partial charge in [-0.25, -0.2) is 10.2 Å². The summed E-state index contributed by atoms with van der Waals surface area (Å²) in [5.41, 5.74) is 3.93. The normalized spacial score (nSPS) is 23.7. The van der Waals surface area contributed by atoms with Crippen LogP contribution in [0.4, 0.5) is 4.79 Å². The minimum Gasteiger partial charge on any atom is -0.491 e. The van der Waals surface area contributed by atoms with Crippen LogP contribution in [0.25, 0.3) is 0 Å². The van der Waals surface area contributed by atoms with Gasteiger partial charge in [-0.05, 0) is 42.4 Å². The molecule has 2 amide bonds. The van der Waals surface area contributed by atoms with E-state index in [1.165, 1.54) is 0 Å². The van der Waals surface area contributed by atoms with Crippen LogP contribution in [-0.2, 0) is 5.54 Å². The van der Waals surface area contributed by atoms with Gasteiger partial charge in [0.25, 0.3) is 0 Å². The van der Waals surface area contributed by atoms with Crippen LogP contribution < -0.4 is 15.5 Å². The number of nitrogens with one attached hydrogen (secondary N) is 2. The van der Waals surface area contributed by atoms with Crippen LogP contribution in [0.3, 0.4) is 0 Å². The number of halogens is 1. The minimum atomic E-state index is -0.533. The molecule has 1 aliphatic carbocycles. The lowest BCUT2D eigenvalue weighted by Crippen LogP contribution is -2.55. The number of hydrazone groups is 1. The first-order valence-corrected chi connectivity index (χ1v) is 8.26. The molecule has 1 fully saturated rings. The second-order valence-electron chi connectivity index (χ2n) is 7.38. The van der Waals surface area contributed by atoms with Crippen LogP contribution in [0.5, 0.6) is 5.75 Å². The zero-order valence-corrected chi connectivity index (χ0v) is 14.5. The van der Waals surface area contributed by atoms with Crippen molar-refractivity contribution >= 4 is 23.3 Å². The zero-order valence-electron chi connectivity index (χ0n) is 13.7. The largest absolute Gasteiger partial charge is 0.491 e. The number of hydrogen-bond donors (Lipinski definition) is 2. The molecule has 3 rings (SSSR count). The fourth-order valence-electron chi connectivity index (χ4n) is 3.07. The highest BCUT2D eigenvalue weighted by atomic mass is 35.5. The van der Waals surface area contributed by atoms with Gasteiger partial charge in [0.05, 0.1) is 17.3 Å². The summed E-state index contributed by atoms with van der Waals surface area (Å²) in [6, 6.07) is 5.45. The van der Waals surface area contributed by atoms with E-state index in [1.54, 1.807) is 0 Å². The molecule has 124 valence electrons. The quantitative estimate of drug-likeness (QED) is 0.882. The average molecular weight is 336 g/mol. The summed E-state index contributed by atoms with van der Waals surface area (Å²) in [5.74, 6) is 0.665. The summed E-state index contributed by atoms with van der Waals surface area (Å²) in [7, 11) is 0. The van der Waals surface area contributed by atoms with Gasteiger partial charge in [-0.2, -0.15) is 5.10 Å². The minimum absolute atomic E-state index is 0.0645. The molecule has 1 aromatic rings. The standard InChI is InChI=1S/C17H22ClN3O2/c1-16(2,3)10-23-13-7-6-11(9-12(13)18)17-8-4-5-14(17)20-21-15(22)19-17/h6-7,9H,4-5,8,10H2,1-3H3,(H2,19,21,22). The Morgan fingerprint density at radius 1 is 1.39 bits per heavy atom. The lowest BCUT2D eigenvalue weighted by atomic mass is 9.86. The fourth-order valence-corrected chi connectivity index (χ4v) is 3.30. The van der Waals surface area contributed by atoms with Crippen molar-refractivity contribution < 1.29 is 9.53 Å². The number of urea groups is 1. The Morgan fingerprint density at radius 3 is 2.87 bits per heavy atom. The van der Waals surface area contributed by atoms with Crippen LogP contribution in [0, 0.1) is 5.41 Å². The van der Waals surface area contributed by atoms with Crippen molar-refractivity contribution in [2.24, 2.45) is 10.5 Å². The third-order valence-electron chi connectivity index (χ3n) is 4.16. The van der Waals surface area contributed by atoms with Crippen LogP contribution in [0.2, 0.25) is 5.02 Å². The molecule has 5 nitrogen and oxygen atoms in total. The molecule has 1 aromatic carbocycles. The Morgan fingerprint density at radius 2 is 2.17 bits per heavy atom. The maximum atomic E-state index is 11.8. The molecule has 0 saturated heterocycles. The second-order valence-corrected chi connectivity index (χ2v) is 7.79. The van der Waals surface area contributed by atoms with E-state index >= 15 is 0 Å². The maximum absolute atomic E-state index is 11.8. The average Bonchev–Trinajstić information content (AvgIpc) is 2.89. The molecule has 2 aliphatic rings.